The van der Waals surface area contributed by atoms with Crippen LogP contribution in [-0.2, 0) is 4.74 Å². The van der Waals surface area contributed by atoms with Gasteiger partial charge in [-0.15, -0.1) is 0 Å². The Labute approximate surface area is 94.2 Å². The van der Waals surface area contributed by atoms with Crippen LogP contribution in [0.4, 0.5) is 0 Å². The van der Waals surface area contributed by atoms with Crippen molar-refractivity contribution < 1.29 is 4.74 Å². The lowest BCUT2D eigenvalue weighted by molar-refractivity contribution is 0.193. The molecule has 0 amide bonds. The van der Waals surface area contributed by atoms with Gasteiger partial charge in [0.15, 0.2) is 0 Å². The van der Waals surface area contributed by atoms with Gasteiger partial charge in [0.1, 0.15) is 0 Å². The van der Waals surface area contributed by atoms with E-state index in [-0.39, 0.29) is 0 Å². The van der Waals surface area contributed by atoms with Gasteiger partial charge in [-0.25, -0.2) is 0 Å². The third-order valence-corrected chi connectivity index (χ3v) is 2.85. The van der Waals surface area contributed by atoms with Crippen LogP contribution in [-0.4, -0.2) is 50.8 Å². The molecule has 0 aromatic rings. The number of ether oxygens (including phenoxy) is 1. The van der Waals surface area contributed by atoms with E-state index in [0.29, 0.717) is 0 Å². The van der Waals surface area contributed by atoms with E-state index in [4.69, 9.17) is 4.74 Å². The van der Waals surface area contributed by atoms with E-state index in [1.807, 2.05) is 0 Å². The first kappa shape index (κ1) is 12.9. The Morgan fingerprint density at radius 1 is 1.27 bits per heavy atom. The van der Waals surface area contributed by atoms with Crippen molar-refractivity contribution in [2.75, 3.05) is 39.9 Å². The molecule has 1 rings (SSSR count). The highest BCUT2D eigenvalue weighted by Crippen LogP contribution is 2.26. The van der Waals surface area contributed by atoms with E-state index in [1.54, 1.807) is 7.11 Å². The molecular weight excluding hydrogens is 188 g/mol. The first-order chi connectivity index (χ1) is 7.38. The second-order valence-electron chi connectivity index (χ2n) is 4.36. The Morgan fingerprint density at radius 3 is 2.67 bits per heavy atom. The molecule has 0 bridgehead atoms. The van der Waals surface area contributed by atoms with Crippen LogP contribution >= 0.6 is 0 Å². The molecule has 0 radical (unpaired) electrons. The van der Waals surface area contributed by atoms with Crippen LogP contribution < -0.4 is 5.32 Å². The van der Waals surface area contributed by atoms with Crippen molar-refractivity contribution in [1.82, 2.24) is 10.2 Å². The van der Waals surface area contributed by atoms with E-state index >= 15 is 0 Å². The number of rotatable bonds is 10. The van der Waals surface area contributed by atoms with Crippen LogP contribution in [0.25, 0.3) is 0 Å². The maximum Gasteiger partial charge on any atom is 0.0474 e. The van der Waals surface area contributed by atoms with Crippen LogP contribution in [0.1, 0.15) is 32.6 Å². The average Bonchev–Trinajstić information content (AvgIpc) is 3.05. The molecule has 0 aromatic carbocycles. The smallest absolute Gasteiger partial charge is 0.0474 e. The SMILES string of the molecule is CCCN(CCNCCCOC)C1CC1. The molecule has 1 N–H and O–H groups in total. The van der Waals surface area contributed by atoms with Gasteiger partial charge in [-0.3, -0.25) is 4.90 Å². The summed E-state index contributed by atoms with van der Waals surface area (Å²) in [5.74, 6) is 0. The topological polar surface area (TPSA) is 24.5 Å². The van der Waals surface area contributed by atoms with Crippen LogP contribution in [0.15, 0.2) is 0 Å². The zero-order chi connectivity index (χ0) is 10.9. The van der Waals surface area contributed by atoms with Gasteiger partial charge in [-0.05, 0) is 38.8 Å². The second-order valence-corrected chi connectivity index (χ2v) is 4.36. The maximum absolute atomic E-state index is 5.01. The highest BCUT2D eigenvalue weighted by atomic mass is 16.5. The normalized spacial score (nSPS) is 16.2. The lowest BCUT2D eigenvalue weighted by atomic mass is 10.3. The summed E-state index contributed by atoms with van der Waals surface area (Å²) >= 11 is 0. The van der Waals surface area contributed by atoms with Crippen molar-refractivity contribution in [3.05, 3.63) is 0 Å². The minimum absolute atomic E-state index is 0.869. The number of nitrogens with zero attached hydrogens (tertiary/aromatic N) is 1. The highest BCUT2D eigenvalue weighted by molar-refractivity contribution is 4.84. The molecule has 3 heteroatoms. The maximum atomic E-state index is 5.01. The average molecular weight is 214 g/mol. The van der Waals surface area contributed by atoms with E-state index in [2.05, 4.69) is 17.1 Å². The minimum Gasteiger partial charge on any atom is -0.385 e. The van der Waals surface area contributed by atoms with Crippen LogP contribution in [0, 0.1) is 0 Å². The molecule has 1 saturated carbocycles. The van der Waals surface area contributed by atoms with E-state index in [1.165, 1.54) is 32.4 Å². The largest absolute Gasteiger partial charge is 0.385 e. The number of hydrogen-bond acceptors (Lipinski definition) is 3. The van der Waals surface area contributed by atoms with Gasteiger partial charge in [-0.1, -0.05) is 6.92 Å². The van der Waals surface area contributed by atoms with Gasteiger partial charge in [0.2, 0.25) is 0 Å². The first-order valence-corrected chi connectivity index (χ1v) is 6.32. The molecule has 0 unspecified atom stereocenters. The second kappa shape index (κ2) is 8.08. The van der Waals surface area contributed by atoms with Crippen LogP contribution in [0.2, 0.25) is 0 Å². The van der Waals surface area contributed by atoms with Crippen LogP contribution in [0.5, 0.6) is 0 Å². The van der Waals surface area contributed by atoms with E-state index in [9.17, 15) is 0 Å². The summed E-state index contributed by atoms with van der Waals surface area (Å²) in [6, 6.07) is 0.908. The van der Waals surface area contributed by atoms with Gasteiger partial charge < -0.3 is 10.1 Å². The molecule has 1 fully saturated rings. The zero-order valence-corrected chi connectivity index (χ0v) is 10.3. The monoisotopic (exact) mass is 214 g/mol. The van der Waals surface area contributed by atoms with Gasteiger partial charge in [0.05, 0.1) is 0 Å². The molecule has 3 nitrogen and oxygen atoms in total. The summed E-state index contributed by atoms with van der Waals surface area (Å²) in [4.78, 5) is 2.63. The lowest BCUT2D eigenvalue weighted by Crippen LogP contribution is -2.34. The molecule has 0 aliphatic heterocycles. The molecule has 15 heavy (non-hydrogen) atoms. The van der Waals surface area contributed by atoms with Crippen molar-refractivity contribution in [1.29, 1.82) is 0 Å². The Hall–Kier alpha value is -0.120. The fourth-order valence-corrected chi connectivity index (χ4v) is 1.89. The summed E-state index contributed by atoms with van der Waals surface area (Å²) in [5.41, 5.74) is 0. The summed E-state index contributed by atoms with van der Waals surface area (Å²) in [6.45, 7) is 7.82. The van der Waals surface area contributed by atoms with Crippen LogP contribution in [0.3, 0.4) is 0 Å². The number of nitrogens with one attached hydrogen (secondary N) is 1. The molecule has 0 atom stereocenters. The Bertz CT molecular complexity index is 149. The molecular formula is C12H26N2O. The minimum atomic E-state index is 0.869. The van der Waals surface area contributed by atoms with Crippen molar-refractivity contribution in [3.8, 4) is 0 Å². The molecule has 0 spiro atoms. The Kier molecular flexibility index (Phi) is 6.98. The molecule has 1 aliphatic carbocycles. The van der Waals surface area contributed by atoms with Crippen molar-refractivity contribution in [2.45, 2.75) is 38.6 Å². The van der Waals surface area contributed by atoms with Crippen molar-refractivity contribution in [3.63, 3.8) is 0 Å². The molecule has 0 heterocycles. The predicted octanol–water partition coefficient (Wildman–Crippen LogP) is 1.49. The molecule has 0 saturated heterocycles. The standard InChI is InChI=1S/C12H26N2O/c1-3-9-14(12-5-6-12)10-8-13-7-4-11-15-2/h12-13H,3-11H2,1-2H3. The fraction of sp³-hybridized carbons (Fsp3) is 1.00. The van der Waals surface area contributed by atoms with Gasteiger partial charge in [0.25, 0.3) is 0 Å². The summed E-state index contributed by atoms with van der Waals surface area (Å²) in [7, 11) is 1.76. The zero-order valence-electron chi connectivity index (χ0n) is 10.3. The Morgan fingerprint density at radius 2 is 2.07 bits per heavy atom. The summed E-state index contributed by atoms with van der Waals surface area (Å²) in [5, 5.41) is 3.47. The lowest BCUT2D eigenvalue weighted by Gasteiger charge is -2.21. The third kappa shape index (κ3) is 6.13. The third-order valence-electron chi connectivity index (χ3n) is 2.85. The van der Waals surface area contributed by atoms with Crippen molar-refractivity contribution in [2.24, 2.45) is 0 Å². The molecule has 1 aliphatic rings. The number of methoxy groups -OCH3 is 1. The van der Waals surface area contributed by atoms with Gasteiger partial charge in [-0.2, -0.15) is 0 Å². The Balaban J connectivity index is 1.92. The fourth-order valence-electron chi connectivity index (χ4n) is 1.89. The highest BCUT2D eigenvalue weighted by Gasteiger charge is 2.27. The predicted molar refractivity (Wildman–Crippen MR) is 64.2 cm³/mol. The summed E-state index contributed by atoms with van der Waals surface area (Å²) in [6.07, 6.45) is 5.24. The number of hydrogen-bond donors (Lipinski definition) is 1. The molecule has 0 aromatic heterocycles. The van der Waals surface area contributed by atoms with Gasteiger partial charge >= 0.3 is 0 Å². The van der Waals surface area contributed by atoms with E-state index in [0.717, 1.165) is 32.2 Å². The molecule has 90 valence electrons. The quantitative estimate of drug-likeness (QED) is 0.558. The van der Waals surface area contributed by atoms with Gasteiger partial charge in [0, 0.05) is 32.8 Å². The van der Waals surface area contributed by atoms with E-state index < -0.39 is 0 Å². The first-order valence-electron chi connectivity index (χ1n) is 6.32. The van der Waals surface area contributed by atoms with Crippen molar-refractivity contribution >= 4 is 0 Å². The summed E-state index contributed by atoms with van der Waals surface area (Å²) < 4.78 is 5.01.